The van der Waals surface area contributed by atoms with Crippen LogP contribution in [0.1, 0.15) is 23.6 Å². The predicted molar refractivity (Wildman–Crippen MR) is 101 cm³/mol. The Hall–Kier alpha value is -2.82. The number of aryl methyl sites for hydroxylation is 1. The highest BCUT2D eigenvalue weighted by Gasteiger charge is 2.35. The minimum absolute atomic E-state index is 0.0899. The molecule has 0 amide bonds. The van der Waals surface area contributed by atoms with Crippen molar-refractivity contribution in [1.29, 1.82) is 0 Å². The Morgan fingerprint density at radius 1 is 1.04 bits per heavy atom. The number of nitrogens with zero attached hydrogens (tertiary/aromatic N) is 2. The van der Waals surface area contributed by atoms with Gasteiger partial charge in [-0.25, -0.2) is 4.79 Å². The van der Waals surface area contributed by atoms with E-state index in [0.717, 1.165) is 48.4 Å². The van der Waals surface area contributed by atoms with Gasteiger partial charge in [0.1, 0.15) is 5.58 Å². The normalized spacial score (nSPS) is 21.7. The molecule has 26 heavy (non-hydrogen) atoms. The van der Waals surface area contributed by atoms with E-state index in [1.807, 2.05) is 29.7 Å². The van der Waals surface area contributed by atoms with Gasteiger partial charge in [-0.2, -0.15) is 0 Å². The third-order valence-electron chi connectivity index (χ3n) is 5.70. The molecular formula is C21H20N2O3. The van der Waals surface area contributed by atoms with Crippen LogP contribution >= 0.6 is 0 Å². The average Bonchev–Trinajstić information content (AvgIpc) is 2.62. The van der Waals surface area contributed by atoms with Crippen LogP contribution in [-0.4, -0.2) is 17.7 Å². The van der Waals surface area contributed by atoms with E-state index in [0.29, 0.717) is 17.4 Å². The van der Waals surface area contributed by atoms with Gasteiger partial charge in [0.2, 0.25) is 0 Å². The molecule has 4 heterocycles. The molecule has 3 aromatic rings. The quantitative estimate of drug-likeness (QED) is 0.635. The van der Waals surface area contributed by atoms with Crippen LogP contribution in [0, 0.1) is 12.8 Å². The van der Waals surface area contributed by atoms with Gasteiger partial charge in [0.15, 0.2) is 0 Å². The molecular weight excluding hydrogens is 328 g/mol. The molecule has 5 nitrogen and oxygen atoms in total. The van der Waals surface area contributed by atoms with Gasteiger partial charge in [0.25, 0.3) is 5.56 Å². The number of piperidine rings is 1. The first-order valence-electron chi connectivity index (χ1n) is 9.08. The van der Waals surface area contributed by atoms with Crippen LogP contribution in [0.5, 0.6) is 0 Å². The summed E-state index contributed by atoms with van der Waals surface area (Å²) in [6.45, 7) is 4.46. The van der Waals surface area contributed by atoms with Crippen molar-refractivity contribution in [3.8, 4) is 0 Å². The van der Waals surface area contributed by atoms with Gasteiger partial charge in [0, 0.05) is 48.8 Å². The molecule has 2 aliphatic rings. The van der Waals surface area contributed by atoms with Crippen molar-refractivity contribution >= 4 is 16.7 Å². The third-order valence-corrected chi connectivity index (χ3v) is 5.70. The van der Waals surface area contributed by atoms with Gasteiger partial charge in [-0.05, 0) is 37.5 Å². The minimum atomic E-state index is -0.316. The van der Waals surface area contributed by atoms with E-state index in [9.17, 15) is 9.59 Å². The number of fused-ring (bicyclic) bond motifs is 5. The van der Waals surface area contributed by atoms with Gasteiger partial charge in [-0.1, -0.05) is 17.7 Å². The van der Waals surface area contributed by atoms with Gasteiger partial charge in [0.05, 0.1) is 5.69 Å². The molecule has 132 valence electrons. The summed E-state index contributed by atoms with van der Waals surface area (Å²) in [5, 5.41) is 0.982. The van der Waals surface area contributed by atoms with Crippen LogP contribution in [0.3, 0.4) is 0 Å². The van der Waals surface area contributed by atoms with Crippen molar-refractivity contribution < 1.29 is 4.42 Å². The average molecular weight is 348 g/mol. The van der Waals surface area contributed by atoms with E-state index in [-0.39, 0.29) is 11.2 Å². The number of rotatable bonds is 1. The van der Waals surface area contributed by atoms with Crippen molar-refractivity contribution in [2.45, 2.75) is 25.8 Å². The van der Waals surface area contributed by atoms with Gasteiger partial charge >= 0.3 is 5.63 Å². The van der Waals surface area contributed by atoms with Crippen molar-refractivity contribution in [1.82, 2.24) is 4.57 Å². The lowest BCUT2D eigenvalue weighted by atomic mass is 9.83. The SMILES string of the molecule is Cc1ccc2oc(=O)cc(N3C[C@H]4C[C@H](C3)c3cccc(=O)n3C4)c2c1. The molecule has 1 fully saturated rings. The summed E-state index contributed by atoms with van der Waals surface area (Å²) in [5.74, 6) is 0.719. The lowest BCUT2D eigenvalue weighted by Crippen LogP contribution is -2.47. The zero-order valence-electron chi connectivity index (χ0n) is 14.6. The summed E-state index contributed by atoms with van der Waals surface area (Å²) in [7, 11) is 0. The molecule has 0 N–H and O–H groups in total. The second-order valence-electron chi connectivity index (χ2n) is 7.55. The molecule has 0 saturated carbocycles. The Morgan fingerprint density at radius 2 is 1.92 bits per heavy atom. The number of pyridine rings is 1. The van der Waals surface area contributed by atoms with E-state index in [1.54, 1.807) is 12.1 Å². The maximum atomic E-state index is 12.2. The van der Waals surface area contributed by atoms with E-state index in [4.69, 9.17) is 4.42 Å². The number of hydrogen-bond donors (Lipinski definition) is 0. The molecule has 5 heteroatoms. The lowest BCUT2D eigenvalue weighted by Gasteiger charge is -2.43. The molecule has 0 radical (unpaired) electrons. The first kappa shape index (κ1) is 15.4. The van der Waals surface area contributed by atoms with Crippen LogP contribution < -0.4 is 16.1 Å². The van der Waals surface area contributed by atoms with Crippen LogP contribution in [0.25, 0.3) is 11.0 Å². The molecule has 0 spiro atoms. The fraction of sp³-hybridized carbons (Fsp3) is 0.333. The Balaban J connectivity index is 1.62. The summed E-state index contributed by atoms with van der Waals surface area (Å²) in [6, 6.07) is 13.1. The topological polar surface area (TPSA) is 55.5 Å². The van der Waals surface area contributed by atoms with Crippen molar-refractivity contribution in [3.05, 3.63) is 74.5 Å². The highest BCUT2D eigenvalue weighted by molar-refractivity contribution is 5.90. The largest absolute Gasteiger partial charge is 0.423 e. The standard InChI is InChI=1S/C21H20N2O3/c1-13-5-6-19-16(7-13)18(9-21(25)26-19)22-10-14-8-15(12-22)17-3-2-4-20(24)23(17)11-14/h2-7,9,14-15H,8,10-12H2,1H3/t14-,15-/m1/s1. The second-order valence-corrected chi connectivity index (χ2v) is 7.55. The first-order chi connectivity index (χ1) is 12.6. The molecule has 2 aromatic heterocycles. The van der Waals surface area contributed by atoms with E-state index in [2.05, 4.69) is 17.0 Å². The Morgan fingerprint density at radius 3 is 2.81 bits per heavy atom. The summed E-state index contributed by atoms with van der Waals surface area (Å²) in [5.41, 5.74) is 3.60. The highest BCUT2D eigenvalue weighted by atomic mass is 16.4. The second kappa shape index (κ2) is 5.59. The number of anilines is 1. The third kappa shape index (κ3) is 2.38. The van der Waals surface area contributed by atoms with Gasteiger partial charge in [-0.3, -0.25) is 4.79 Å². The maximum Gasteiger partial charge on any atom is 0.338 e. The van der Waals surface area contributed by atoms with Crippen LogP contribution in [0.4, 0.5) is 5.69 Å². The monoisotopic (exact) mass is 348 g/mol. The molecule has 2 atom stereocenters. The van der Waals surface area contributed by atoms with E-state index in [1.165, 1.54) is 0 Å². The lowest BCUT2D eigenvalue weighted by molar-refractivity contribution is 0.281. The van der Waals surface area contributed by atoms with Crippen LogP contribution in [0.15, 0.2) is 56.5 Å². The Kier molecular flexibility index (Phi) is 3.32. The van der Waals surface area contributed by atoms with Crippen LogP contribution in [-0.2, 0) is 6.54 Å². The molecule has 0 aliphatic carbocycles. The van der Waals surface area contributed by atoms with E-state index < -0.39 is 0 Å². The summed E-state index contributed by atoms with van der Waals surface area (Å²) >= 11 is 0. The number of hydrogen-bond acceptors (Lipinski definition) is 4. The smallest absolute Gasteiger partial charge is 0.338 e. The van der Waals surface area contributed by atoms with Gasteiger partial charge < -0.3 is 13.9 Å². The molecule has 2 bridgehead atoms. The highest BCUT2D eigenvalue weighted by Crippen LogP contribution is 2.38. The minimum Gasteiger partial charge on any atom is -0.423 e. The Bertz CT molecular complexity index is 1130. The number of benzene rings is 1. The summed E-state index contributed by atoms with van der Waals surface area (Å²) in [4.78, 5) is 26.6. The maximum absolute atomic E-state index is 12.2. The fourth-order valence-electron chi connectivity index (χ4n) is 4.62. The van der Waals surface area contributed by atoms with E-state index >= 15 is 0 Å². The Labute approximate surface area is 150 Å². The molecule has 2 aliphatic heterocycles. The number of aromatic nitrogens is 1. The predicted octanol–water partition coefficient (Wildman–Crippen LogP) is 2.89. The van der Waals surface area contributed by atoms with Gasteiger partial charge in [-0.15, -0.1) is 0 Å². The first-order valence-corrected chi connectivity index (χ1v) is 9.08. The summed E-state index contributed by atoms with van der Waals surface area (Å²) in [6.07, 6.45) is 1.10. The fourth-order valence-corrected chi connectivity index (χ4v) is 4.62. The van der Waals surface area contributed by atoms with Crippen molar-refractivity contribution in [3.63, 3.8) is 0 Å². The summed E-state index contributed by atoms with van der Waals surface area (Å²) < 4.78 is 7.31. The van der Waals surface area contributed by atoms with Crippen molar-refractivity contribution in [2.75, 3.05) is 18.0 Å². The molecule has 0 unspecified atom stereocenters. The molecule has 1 saturated heterocycles. The molecule has 5 rings (SSSR count). The zero-order valence-corrected chi connectivity index (χ0v) is 14.6. The molecule has 1 aromatic carbocycles. The van der Waals surface area contributed by atoms with Crippen LogP contribution in [0.2, 0.25) is 0 Å². The van der Waals surface area contributed by atoms with Crippen molar-refractivity contribution in [2.24, 2.45) is 5.92 Å². The zero-order chi connectivity index (χ0) is 17.8.